The predicted molar refractivity (Wildman–Crippen MR) is 164 cm³/mol. The first-order chi connectivity index (χ1) is 19.4. The smallest absolute Gasteiger partial charge is 0.300 e. The Morgan fingerprint density at radius 2 is 1.90 bits per heavy atom. The molecule has 3 N–H and O–H groups in total. The van der Waals surface area contributed by atoms with Crippen LogP contribution in [0.15, 0.2) is 48.7 Å². The van der Waals surface area contributed by atoms with Crippen LogP contribution in [0.4, 0.5) is 4.39 Å². The number of rotatable bonds is 6. The number of ether oxygens (including phenoxy) is 1. The number of carbonyl (C=O) groups excluding carboxylic acids is 1. The van der Waals surface area contributed by atoms with E-state index in [1.165, 1.54) is 18.6 Å². The lowest BCUT2D eigenvalue weighted by Crippen LogP contribution is -2.67. The van der Waals surface area contributed by atoms with Crippen molar-refractivity contribution in [3.05, 3.63) is 60.2 Å². The summed E-state index contributed by atoms with van der Waals surface area (Å²) in [6.07, 6.45) is 12.1. The van der Waals surface area contributed by atoms with Gasteiger partial charge in [-0.15, -0.1) is 0 Å². The molecule has 7 heteroatoms. The Morgan fingerprint density at radius 1 is 1.24 bits per heavy atom. The first kappa shape index (κ1) is 34.3. The molecular weight excluding hydrogens is 519 g/mol. The van der Waals surface area contributed by atoms with E-state index in [4.69, 9.17) is 20.4 Å². The highest BCUT2D eigenvalue weighted by Crippen LogP contribution is 2.58. The van der Waals surface area contributed by atoms with E-state index in [9.17, 15) is 9.18 Å². The van der Waals surface area contributed by atoms with Crippen molar-refractivity contribution in [3.63, 3.8) is 0 Å². The molecule has 41 heavy (non-hydrogen) atoms. The fourth-order valence-electron chi connectivity index (χ4n) is 6.55. The highest BCUT2D eigenvalue weighted by atomic mass is 19.1. The van der Waals surface area contributed by atoms with Crippen molar-refractivity contribution in [2.24, 2.45) is 34.8 Å². The third-order valence-electron chi connectivity index (χ3n) is 8.90. The molecule has 6 nitrogen and oxygen atoms in total. The van der Waals surface area contributed by atoms with Crippen LogP contribution in [-0.4, -0.2) is 41.1 Å². The molecule has 2 saturated carbocycles. The van der Waals surface area contributed by atoms with Crippen LogP contribution in [0.2, 0.25) is 0 Å². The number of carboxylic acid groups (broad SMARTS) is 1. The van der Waals surface area contributed by atoms with Gasteiger partial charge in [-0.1, -0.05) is 58.4 Å². The molecule has 0 spiro atoms. The van der Waals surface area contributed by atoms with Gasteiger partial charge < -0.3 is 20.4 Å². The summed E-state index contributed by atoms with van der Waals surface area (Å²) in [5.74, 6) is -0.311. The average Bonchev–Trinajstić information content (AvgIpc) is 2.93. The number of fused-ring (bicyclic) bond motifs is 1. The number of hydrogen-bond donors (Lipinski definition) is 2. The van der Waals surface area contributed by atoms with Crippen LogP contribution >= 0.6 is 0 Å². The Morgan fingerprint density at radius 3 is 2.44 bits per heavy atom. The van der Waals surface area contributed by atoms with E-state index in [-0.39, 0.29) is 29.3 Å². The Bertz CT molecular complexity index is 1150. The number of methoxy groups -OCH3 is 1. The molecule has 2 aliphatic rings. The molecule has 0 aliphatic heterocycles. The summed E-state index contributed by atoms with van der Waals surface area (Å²) in [6, 6.07) is 10.4. The third kappa shape index (κ3) is 8.32. The molecule has 4 rings (SSSR count). The Hall–Kier alpha value is -2.90. The monoisotopic (exact) mass is 568 g/mol. The van der Waals surface area contributed by atoms with Gasteiger partial charge in [0.2, 0.25) is 0 Å². The van der Waals surface area contributed by atoms with Crippen molar-refractivity contribution in [2.75, 3.05) is 7.11 Å². The number of aldehydes is 1. The Balaban J connectivity index is 0.000000759. The van der Waals surface area contributed by atoms with Gasteiger partial charge >= 0.3 is 0 Å². The predicted octanol–water partition coefficient (Wildman–Crippen LogP) is 7.42. The Kier molecular flexibility index (Phi) is 12.9. The van der Waals surface area contributed by atoms with E-state index in [0.717, 1.165) is 55.7 Å². The minimum atomic E-state index is -0.833. The number of nitrogens with zero attached hydrogens (tertiary/aromatic N) is 1. The molecule has 1 heterocycles. The van der Waals surface area contributed by atoms with Crippen molar-refractivity contribution < 1.29 is 23.8 Å². The highest BCUT2D eigenvalue weighted by molar-refractivity contribution is 5.64. The lowest BCUT2D eigenvalue weighted by Gasteiger charge is -2.61. The summed E-state index contributed by atoms with van der Waals surface area (Å²) in [5.41, 5.74) is 8.93. The first-order valence-electron chi connectivity index (χ1n) is 14.7. The molecule has 0 bridgehead atoms. The number of carboxylic acids is 1. The number of halogens is 1. The molecular formula is C34H49FN2O4. The van der Waals surface area contributed by atoms with Gasteiger partial charge in [0, 0.05) is 48.6 Å². The van der Waals surface area contributed by atoms with E-state index in [1.807, 2.05) is 24.3 Å². The quantitative estimate of drug-likeness (QED) is 0.352. The van der Waals surface area contributed by atoms with Gasteiger partial charge in [0.1, 0.15) is 12.1 Å². The molecule has 1 aromatic heterocycles. The van der Waals surface area contributed by atoms with Gasteiger partial charge in [0.25, 0.3) is 5.97 Å². The molecule has 2 fully saturated rings. The van der Waals surface area contributed by atoms with Gasteiger partial charge in [-0.2, -0.15) is 0 Å². The number of pyridine rings is 1. The lowest BCUT2D eigenvalue weighted by atomic mass is 9.46. The number of aliphatic carboxylic acids is 1. The lowest BCUT2D eigenvalue weighted by molar-refractivity contribution is -0.144. The van der Waals surface area contributed by atoms with Crippen LogP contribution in [0.3, 0.4) is 0 Å². The van der Waals surface area contributed by atoms with Gasteiger partial charge in [-0.05, 0) is 74.3 Å². The van der Waals surface area contributed by atoms with E-state index in [1.54, 1.807) is 19.4 Å². The molecule has 226 valence electrons. The molecule has 0 amide bonds. The molecule has 1 aromatic carbocycles. The van der Waals surface area contributed by atoms with Crippen molar-refractivity contribution in [1.82, 2.24) is 4.98 Å². The number of aromatic nitrogens is 1. The van der Waals surface area contributed by atoms with E-state index < -0.39 is 11.4 Å². The summed E-state index contributed by atoms with van der Waals surface area (Å²) < 4.78 is 19.4. The van der Waals surface area contributed by atoms with Gasteiger partial charge in [0.15, 0.2) is 0 Å². The Labute approximate surface area is 245 Å². The fraction of sp³-hybridized carbons (Fsp3) is 0.559. The maximum Gasteiger partial charge on any atom is 0.300 e. The van der Waals surface area contributed by atoms with E-state index in [0.29, 0.717) is 11.8 Å². The summed E-state index contributed by atoms with van der Waals surface area (Å²) in [4.78, 5) is 25.9. The average molecular weight is 569 g/mol. The number of hydrogen-bond acceptors (Lipinski definition) is 5. The van der Waals surface area contributed by atoms with Gasteiger partial charge in [-0.25, -0.2) is 4.39 Å². The van der Waals surface area contributed by atoms with Crippen molar-refractivity contribution in [1.29, 1.82) is 0 Å². The molecule has 0 radical (unpaired) electrons. The van der Waals surface area contributed by atoms with Gasteiger partial charge in [-0.3, -0.25) is 9.78 Å². The van der Waals surface area contributed by atoms with Crippen LogP contribution < -0.4 is 5.73 Å². The van der Waals surface area contributed by atoms with Crippen molar-refractivity contribution >= 4 is 18.3 Å². The van der Waals surface area contributed by atoms with Crippen molar-refractivity contribution in [2.45, 2.75) is 85.3 Å². The van der Waals surface area contributed by atoms with Crippen LogP contribution in [0.1, 0.15) is 79.3 Å². The molecule has 2 aromatic rings. The molecule has 7 atom stereocenters. The molecule has 0 saturated heterocycles. The summed E-state index contributed by atoms with van der Waals surface area (Å²) in [6.45, 7) is 11.8. The van der Waals surface area contributed by atoms with Crippen LogP contribution in [0.5, 0.6) is 0 Å². The van der Waals surface area contributed by atoms with Crippen LogP contribution in [-0.2, 0) is 14.3 Å². The summed E-state index contributed by atoms with van der Waals surface area (Å²) >= 11 is 0. The summed E-state index contributed by atoms with van der Waals surface area (Å²) in [5, 5.41) is 7.42. The fourth-order valence-corrected chi connectivity index (χ4v) is 6.55. The van der Waals surface area contributed by atoms with Gasteiger partial charge in [0.05, 0.1) is 11.8 Å². The SMILES string of the molecule is CC(=O)O.CCC.CO[C@@H](C)C1(C)C(C=O)CC2CC(C)CCC2(N)[C@@H]1/C=C/c1ccc(-c2cccc(F)c2)cn1. The second kappa shape index (κ2) is 15.4. The van der Waals surface area contributed by atoms with Crippen LogP contribution in [0, 0.1) is 34.9 Å². The minimum absolute atomic E-state index is 0.0268. The third-order valence-corrected chi connectivity index (χ3v) is 8.90. The largest absolute Gasteiger partial charge is 0.481 e. The van der Waals surface area contributed by atoms with E-state index in [2.05, 4.69) is 45.7 Å². The zero-order valence-electron chi connectivity index (χ0n) is 25.8. The number of nitrogens with two attached hydrogens (primary N) is 1. The number of carbonyl (C=O) groups is 2. The standard InChI is InChI=1S/C29H37FN2O2.C3H8.C2H4O2/c1-19-12-13-29(31)23(14-19)16-24(18-33)28(3,20(2)34-4)27(29)11-10-26-9-8-22(17-32-26)21-6-5-7-25(30)15-21;1-3-2;1-2(3)4/h5-11,15,17-20,23-24,27H,12-14,16,31H2,1-4H3;3H2,1-2H3;1H3,(H,3,4)/b11-10+;;/t19?,20-,23?,24?,27+,28?,29?;;/m0../s1. The summed E-state index contributed by atoms with van der Waals surface area (Å²) in [7, 11) is 1.71. The number of benzene rings is 1. The zero-order chi connectivity index (χ0) is 30.8. The first-order valence-corrected chi connectivity index (χ1v) is 14.7. The van der Waals surface area contributed by atoms with E-state index >= 15 is 0 Å². The second-order valence-electron chi connectivity index (χ2n) is 12.0. The van der Waals surface area contributed by atoms with Crippen molar-refractivity contribution in [3.8, 4) is 11.1 Å². The normalized spacial score (nSPS) is 29.7. The van der Waals surface area contributed by atoms with Crippen LogP contribution in [0.25, 0.3) is 17.2 Å². The maximum atomic E-state index is 13.6. The molecule has 5 unspecified atom stereocenters. The highest BCUT2D eigenvalue weighted by Gasteiger charge is 2.60. The zero-order valence-corrected chi connectivity index (χ0v) is 25.8. The maximum absolute atomic E-state index is 13.6. The second-order valence-corrected chi connectivity index (χ2v) is 12.0. The minimum Gasteiger partial charge on any atom is -0.481 e. The molecule has 2 aliphatic carbocycles. The topological polar surface area (TPSA) is 103 Å².